The number of nitrogens with one attached hydrogen (secondary N) is 1. The van der Waals surface area contributed by atoms with Crippen LogP contribution in [0.3, 0.4) is 0 Å². The van der Waals surface area contributed by atoms with E-state index in [4.69, 9.17) is 4.74 Å². The molecule has 4 aromatic rings. The third kappa shape index (κ3) is 6.08. The molecule has 0 unspecified atom stereocenters. The highest BCUT2D eigenvalue weighted by molar-refractivity contribution is 7.99. The number of thiophene rings is 2. The molecule has 3 aromatic heterocycles. The van der Waals surface area contributed by atoms with E-state index in [1.165, 1.54) is 28.0 Å². The molecule has 0 aliphatic heterocycles. The summed E-state index contributed by atoms with van der Waals surface area (Å²) >= 11 is 4.27. The third-order valence-corrected chi connectivity index (χ3v) is 7.70. The van der Waals surface area contributed by atoms with Crippen LogP contribution in [0, 0.1) is 0 Å². The maximum atomic E-state index is 12.8. The number of nitrogens with zero attached hydrogens (tertiary/aromatic N) is 3. The minimum Gasteiger partial charge on any atom is -0.462 e. The number of rotatable bonds is 11. The Morgan fingerprint density at radius 1 is 1.17 bits per heavy atom. The van der Waals surface area contributed by atoms with Crippen LogP contribution in [0.4, 0.5) is 5.00 Å². The Bertz CT molecular complexity index is 1300. The van der Waals surface area contributed by atoms with Gasteiger partial charge in [-0.25, -0.2) is 4.79 Å². The van der Waals surface area contributed by atoms with Gasteiger partial charge in [-0.1, -0.05) is 54.2 Å². The zero-order chi connectivity index (χ0) is 24.6. The van der Waals surface area contributed by atoms with Crippen LogP contribution < -0.4 is 5.32 Å². The molecule has 35 heavy (non-hydrogen) atoms. The van der Waals surface area contributed by atoms with Gasteiger partial charge in [-0.15, -0.1) is 39.4 Å². The van der Waals surface area contributed by atoms with Crippen molar-refractivity contribution in [2.24, 2.45) is 0 Å². The van der Waals surface area contributed by atoms with Gasteiger partial charge in [-0.05, 0) is 23.9 Å². The van der Waals surface area contributed by atoms with E-state index in [1.807, 2.05) is 51.7 Å². The molecular formula is C25H24N4O3S3. The van der Waals surface area contributed by atoms with Crippen molar-refractivity contribution < 1.29 is 14.3 Å². The first-order valence-electron chi connectivity index (χ1n) is 10.9. The van der Waals surface area contributed by atoms with Crippen molar-refractivity contribution in [2.75, 3.05) is 17.7 Å². The molecule has 0 radical (unpaired) electrons. The summed E-state index contributed by atoms with van der Waals surface area (Å²) in [6.07, 6.45) is 2.46. The second-order valence-electron chi connectivity index (χ2n) is 7.33. The topological polar surface area (TPSA) is 86.1 Å². The molecule has 0 fully saturated rings. The molecule has 0 saturated carbocycles. The molecule has 0 aliphatic carbocycles. The summed E-state index contributed by atoms with van der Waals surface area (Å²) in [5.74, 6) is 0.245. The normalized spacial score (nSPS) is 10.8. The summed E-state index contributed by atoms with van der Waals surface area (Å²) in [5, 5.41) is 16.5. The highest BCUT2D eigenvalue weighted by atomic mass is 32.2. The second kappa shape index (κ2) is 12.0. The van der Waals surface area contributed by atoms with Gasteiger partial charge in [0.2, 0.25) is 5.91 Å². The maximum Gasteiger partial charge on any atom is 0.341 e. The molecule has 1 aromatic carbocycles. The van der Waals surface area contributed by atoms with Gasteiger partial charge in [0.15, 0.2) is 5.16 Å². The zero-order valence-corrected chi connectivity index (χ0v) is 21.5. The van der Waals surface area contributed by atoms with Crippen LogP contribution in [-0.4, -0.2) is 39.0 Å². The molecule has 0 aliphatic rings. The molecule has 0 atom stereocenters. The number of carbonyl (C=O) groups is 2. The fourth-order valence-corrected chi connectivity index (χ4v) is 5.86. The first kappa shape index (κ1) is 24.9. The summed E-state index contributed by atoms with van der Waals surface area (Å²) in [6, 6.07) is 13.6. The lowest BCUT2D eigenvalue weighted by atomic mass is 10.0. The van der Waals surface area contributed by atoms with Crippen LogP contribution >= 0.6 is 34.4 Å². The van der Waals surface area contributed by atoms with Crippen LogP contribution in [0.1, 0.15) is 28.0 Å². The molecule has 1 amide bonds. The monoisotopic (exact) mass is 524 g/mol. The van der Waals surface area contributed by atoms with Crippen molar-refractivity contribution in [2.45, 2.75) is 25.0 Å². The van der Waals surface area contributed by atoms with Gasteiger partial charge < -0.3 is 14.6 Å². The van der Waals surface area contributed by atoms with Crippen molar-refractivity contribution in [3.8, 4) is 11.1 Å². The van der Waals surface area contributed by atoms with Crippen LogP contribution in [0.15, 0.2) is 71.0 Å². The summed E-state index contributed by atoms with van der Waals surface area (Å²) in [5.41, 5.74) is 1.99. The first-order valence-corrected chi connectivity index (χ1v) is 13.7. The van der Waals surface area contributed by atoms with E-state index in [2.05, 4.69) is 28.2 Å². The standard InChI is InChI=1S/C25H24N4O3S3/c1-3-12-29-20(14-18-11-8-13-33-18)27-28-25(29)35-16-21(30)26-23-22(24(31)32-4-2)19(15-34-23)17-9-6-5-7-10-17/h3,5-11,13,15H,1,4,12,14,16H2,2H3,(H,26,30). The van der Waals surface area contributed by atoms with Crippen LogP contribution in [0.2, 0.25) is 0 Å². The number of ether oxygens (including phenoxy) is 1. The van der Waals surface area contributed by atoms with E-state index in [0.29, 0.717) is 28.7 Å². The number of amides is 1. The van der Waals surface area contributed by atoms with Gasteiger partial charge >= 0.3 is 5.97 Å². The van der Waals surface area contributed by atoms with Crippen molar-refractivity contribution >= 4 is 51.3 Å². The van der Waals surface area contributed by atoms with Crippen LogP contribution in [0.25, 0.3) is 11.1 Å². The van der Waals surface area contributed by atoms with E-state index in [-0.39, 0.29) is 18.3 Å². The highest BCUT2D eigenvalue weighted by Crippen LogP contribution is 2.36. The van der Waals surface area contributed by atoms with E-state index >= 15 is 0 Å². The lowest BCUT2D eigenvalue weighted by Crippen LogP contribution is -2.17. The Labute approximate surface area is 215 Å². The summed E-state index contributed by atoms with van der Waals surface area (Å²) < 4.78 is 7.24. The van der Waals surface area contributed by atoms with Gasteiger partial charge in [0.1, 0.15) is 16.4 Å². The molecule has 180 valence electrons. The van der Waals surface area contributed by atoms with Gasteiger partial charge in [0.05, 0.1) is 12.4 Å². The molecule has 7 nitrogen and oxygen atoms in total. The molecule has 0 spiro atoms. The second-order valence-corrected chi connectivity index (χ2v) is 10.2. The smallest absolute Gasteiger partial charge is 0.341 e. The minimum atomic E-state index is -0.459. The average molecular weight is 525 g/mol. The van der Waals surface area contributed by atoms with Crippen molar-refractivity contribution in [3.05, 3.63) is 82.1 Å². The summed E-state index contributed by atoms with van der Waals surface area (Å²) in [6.45, 7) is 6.39. The molecule has 0 bridgehead atoms. The molecular weight excluding hydrogens is 501 g/mol. The Hall–Kier alpha value is -3.21. The van der Waals surface area contributed by atoms with Gasteiger partial charge in [-0.2, -0.15) is 0 Å². The molecule has 10 heteroatoms. The lowest BCUT2D eigenvalue weighted by molar-refractivity contribution is -0.113. The quantitative estimate of drug-likeness (QED) is 0.153. The molecule has 1 N–H and O–H groups in total. The Kier molecular flexibility index (Phi) is 8.51. The Balaban J connectivity index is 1.48. The van der Waals surface area contributed by atoms with Crippen molar-refractivity contribution in [3.63, 3.8) is 0 Å². The van der Waals surface area contributed by atoms with Crippen LogP contribution in [-0.2, 0) is 22.5 Å². The molecule has 4 rings (SSSR count). The average Bonchev–Trinajstić information content (AvgIpc) is 3.60. The number of carbonyl (C=O) groups excluding carboxylic acids is 2. The third-order valence-electron chi connectivity index (χ3n) is 4.96. The fourth-order valence-electron chi connectivity index (χ4n) is 3.42. The zero-order valence-electron chi connectivity index (χ0n) is 19.1. The predicted molar refractivity (Wildman–Crippen MR) is 142 cm³/mol. The summed E-state index contributed by atoms with van der Waals surface area (Å²) in [7, 11) is 0. The minimum absolute atomic E-state index is 0.120. The van der Waals surface area contributed by atoms with Gasteiger partial charge in [-0.3, -0.25) is 4.79 Å². The Morgan fingerprint density at radius 3 is 2.71 bits per heavy atom. The van der Waals surface area contributed by atoms with E-state index < -0.39 is 5.97 Å². The van der Waals surface area contributed by atoms with Gasteiger partial charge in [0.25, 0.3) is 0 Å². The first-order chi connectivity index (χ1) is 17.1. The highest BCUT2D eigenvalue weighted by Gasteiger charge is 2.23. The largest absolute Gasteiger partial charge is 0.462 e. The van der Waals surface area contributed by atoms with Crippen LogP contribution in [0.5, 0.6) is 0 Å². The Morgan fingerprint density at radius 2 is 2.00 bits per heavy atom. The van der Waals surface area contributed by atoms with Gasteiger partial charge in [0, 0.05) is 28.8 Å². The van der Waals surface area contributed by atoms with E-state index in [0.717, 1.165) is 17.0 Å². The van der Waals surface area contributed by atoms with E-state index in [9.17, 15) is 9.59 Å². The molecule has 3 heterocycles. The number of aromatic nitrogens is 3. The number of anilines is 1. The SMILES string of the molecule is C=CCn1c(Cc2cccs2)nnc1SCC(=O)Nc1scc(-c2ccccc2)c1C(=O)OCC. The number of benzene rings is 1. The fraction of sp³-hybridized carbons (Fsp3) is 0.200. The number of allylic oxidation sites excluding steroid dienone is 1. The number of thioether (sulfide) groups is 1. The maximum absolute atomic E-state index is 12.8. The molecule has 0 saturated heterocycles. The van der Waals surface area contributed by atoms with Crippen molar-refractivity contribution in [1.29, 1.82) is 0 Å². The predicted octanol–water partition coefficient (Wildman–Crippen LogP) is 5.75. The lowest BCUT2D eigenvalue weighted by Gasteiger charge is -2.09. The van der Waals surface area contributed by atoms with Crippen molar-refractivity contribution in [1.82, 2.24) is 14.8 Å². The summed E-state index contributed by atoms with van der Waals surface area (Å²) in [4.78, 5) is 26.8. The number of hydrogen-bond donors (Lipinski definition) is 1. The number of esters is 1. The number of hydrogen-bond acceptors (Lipinski definition) is 8. The van der Waals surface area contributed by atoms with E-state index in [1.54, 1.807) is 24.3 Å².